The molecule has 2 rings (SSSR count). The third kappa shape index (κ3) is 3.08. The normalized spacial score (nSPS) is 12.5. The maximum Gasteiger partial charge on any atom is 0.165 e. The van der Waals surface area contributed by atoms with E-state index in [2.05, 4.69) is 17.3 Å². The Morgan fingerprint density at radius 3 is 2.57 bits per heavy atom. The maximum absolute atomic E-state index is 13.9. The number of halogens is 1. The second-order valence-electron chi connectivity index (χ2n) is 5.21. The van der Waals surface area contributed by atoms with Crippen LogP contribution in [0.2, 0.25) is 0 Å². The van der Waals surface area contributed by atoms with Gasteiger partial charge in [-0.2, -0.15) is 5.10 Å². The zero-order valence-electron chi connectivity index (χ0n) is 13.2. The Bertz CT molecular complexity index is 637. The lowest BCUT2D eigenvalue weighted by Crippen LogP contribution is -2.19. The summed E-state index contributed by atoms with van der Waals surface area (Å²) in [7, 11) is 5.29. The molecule has 1 heterocycles. The topological polar surface area (TPSA) is 39.1 Å². The molecule has 0 saturated heterocycles. The SMILES string of the molecule is CNC(Cc1c(C)nn(C)c1C)c1ccc(OC)c(F)c1. The molecule has 0 aliphatic heterocycles. The Labute approximate surface area is 124 Å². The first-order chi connectivity index (χ1) is 9.97. The van der Waals surface area contributed by atoms with E-state index in [0.29, 0.717) is 0 Å². The summed E-state index contributed by atoms with van der Waals surface area (Å²) < 4.78 is 20.7. The first-order valence-corrected chi connectivity index (χ1v) is 6.97. The highest BCUT2D eigenvalue weighted by atomic mass is 19.1. The fraction of sp³-hybridized carbons (Fsp3) is 0.438. The van der Waals surface area contributed by atoms with Crippen LogP contribution in [0, 0.1) is 19.7 Å². The third-order valence-corrected chi connectivity index (χ3v) is 3.99. The average Bonchev–Trinajstić information content (AvgIpc) is 2.70. The number of nitrogens with one attached hydrogen (secondary N) is 1. The summed E-state index contributed by atoms with van der Waals surface area (Å²) >= 11 is 0. The van der Waals surface area contributed by atoms with Crippen LogP contribution in [0.1, 0.15) is 28.6 Å². The minimum atomic E-state index is -0.338. The highest BCUT2D eigenvalue weighted by Gasteiger charge is 2.17. The van der Waals surface area contributed by atoms with Crippen molar-refractivity contribution in [3.8, 4) is 5.75 Å². The number of benzene rings is 1. The van der Waals surface area contributed by atoms with Crippen LogP contribution in [0.4, 0.5) is 4.39 Å². The predicted molar refractivity (Wildman–Crippen MR) is 81.1 cm³/mol. The summed E-state index contributed by atoms with van der Waals surface area (Å²) in [4.78, 5) is 0. The van der Waals surface area contributed by atoms with Gasteiger partial charge in [0.05, 0.1) is 12.8 Å². The van der Waals surface area contributed by atoms with Crippen LogP contribution in [0.25, 0.3) is 0 Å². The van der Waals surface area contributed by atoms with Gasteiger partial charge in [0, 0.05) is 18.8 Å². The van der Waals surface area contributed by atoms with E-state index in [1.165, 1.54) is 18.7 Å². The number of ether oxygens (including phenoxy) is 1. The van der Waals surface area contributed by atoms with Gasteiger partial charge in [-0.3, -0.25) is 4.68 Å². The molecule has 0 fully saturated rings. The van der Waals surface area contributed by atoms with E-state index in [4.69, 9.17) is 4.74 Å². The number of methoxy groups -OCH3 is 1. The van der Waals surface area contributed by atoms with E-state index in [0.717, 1.165) is 23.4 Å². The van der Waals surface area contributed by atoms with Crippen LogP contribution in [0.15, 0.2) is 18.2 Å². The smallest absolute Gasteiger partial charge is 0.165 e. The van der Waals surface area contributed by atoms with E-state index >= 15 is 0 Å². The zero-order valence-corrected chi connectivity index (χ0v) is 13.2. The quantitative estimate of drug-likeness (QED) is 0.920. The molecule has 0 bridgehead atoms. The minimum absolute atomic E-state index is 0.0343. The molecule has 1 atom stereocenters. The van der Waals surface area contributed by atoms with E-state index < -0.39 is 0 Å². The van der Waals surface area contributed by atoms with Crippen molar-refractivity contribution in [1.82, 2.24) is 15.1 Å². The van der Waals surface area contributed by atoms with Crippen molar-refractivity contribution in [2.45, 2.75) is 26.3 Å². The first-order valence-electron chi connectivity index (χ1n) is 6.97. The van der Waals surface area contributed by atoms with Gasteiger partial charge in [0.1, 0.15) is 0 Å². The Balaban J connectivity index is 2.30. The molecule has 0 radical (unpaired) electrons. The molecule has 0 spiro atoms. The van der Waals surface area contributed by atoms with Crippen LogP contribution in [0.5, 0.6) is 5.75 Å². The van der Waals surface area contributed by atoms with Crippen LogP contribution in [-0.2, 0) is 13.5 Å². The van der Waals surface area contributed by atoms with E-state index in [-0.39, 0.29) is 17.6 Å². The molecule has 1 unspecified atom stereocenters. The van der Waals surface area contributed by atoms with Gasteiger partial charge >= 0.3 is 0 Å². The fourth-order valence-electron chi connectivity index (χ4n) is 2.60. The van der Waals surface area contributed by atoms with Gasteiger partial charge in [0.25, 0.3) is 0 Å². The maximum atomic E-state index is 13.9. The van der Waals surface area contributed by atoms with Crippen molar-refractivity contribution in [2.75, 3.05) is 14.2 Å². The summed E-state index contributed by atoms with van der Waals surface area (Å²) in [6, 6.07) is 5.12. The molecule has 0 aliphatic rings. The number of rotatable bonds is 5. The van der Waals surface area contributed by atoms with Crippen LogP contribution in [0.3, 0.4) is 0 Å². The number of aromatic nitrogens is 2. The molecule has 5 heteroatoms. The summed E-state index contributed by atoms with van der Waals surface area (Å²) in [5, 5.41) is 7.68. The second kappa shape index (κ2) is 6.26. The minimum Gasteiger partial charge on any atom is -0.494 e. The molecule has 21 heavy (non-hydrogen) atoms. The van der Waals surface area contributed by atoms with Crippen molar-refractivity contribution in [3.63, 3.8) is 0 Å². The molecule has 0 aliphatic carbocycles. The number of hydrogen-bond donors (Lipinski definition) is 1. The Morgan fingerprint density at radius 2 is 2.10 bits per heavy atom. The summed E-state index contributed by atoms with van der Waals surface area (Å²) in [5.41, 5.74) is 4.26. The van der Waals surface area contributed by atoms with Gasteiger partial charge < -0.3 is 10.1 Å². The van der Waals surface area contributed by atoms with Crippen molar-refractivity contribution in [2.24, 2.45) is 7.05 Å². The van der Waals surface area contributed by atoms with Crippen molar-refractivity contribution in [3.05, 3.63) is 46.5 Å². The number of aryl methyl sites for hydroxylation is 2. The lowest BCUT2D eigenvalue weighted by Gasteiger charge is -2.18. The molecule has 2 aromatic rings. The molecule has 1 aromatic carbocycles. The Hall–Kier alpha value is -1.88. The van der Waals surface area contributed by atoms with Crippen LogP contribution >= 0.6 is 0 Å². The molecular formula is C16H22FN3O. The van der Waals surface area contributed by atoms with Crippen LogP contribution in [-0.4, -0.2) is 23.9 Å². The monoisotopic (exact) mass is 291 g/mol. The standard InChI is InChI=1S/C16H22FN3O/c1-10-13(11(2)20(4)19-10)9-15(18-3)12-6-7-16(21-5)14(17)8-12/h6-8,15,18H,9H2,1-5H3. The molecule has 0 amide bonds. The van der Waals surface area contributed by atoms with Crippen molar-refractivity contribution < 1.29 is 9.13 Å². The summed E-state index contributed by atoms with van der Waals surface area (Å²) in [5.74, 6) is -0.0720. The number of hydrogen-bond acceptors (Lipinski definition) is 3. The van der Waals surface area contributed by atoms with Gasteiger partial charge in [0.2, 0.25) is 0 Å². The van der Waals surface area contributed by atoms with Crippen molar-refractivity contribution >= 4 is 0 Å². The first kappa shape index (κ1) is 15.5. The third-order valence-electron chi connectivity index (χ3n) is 3.99. The Kier molecular flexibility index (Phi) is 4.63. The molecule has 114 valence electrons. The highest BCUT2D eigenvalue weighted by Crippen LogP contribution is 2.26. The largest absolute Gasteiger partial charge is 0.494 e. The predicted octanol–water partition coefficient (Wildman–Crippen LogP) is 2.69. The van der Waals surface area contributed by atoms with Gasteiger partial charge in [-0.1, -0.05) is 6.07 Å². The molecule has 4 nitrogen and oxygen atoms in total. The van der Waals surface area contributed by atoms with Gasteiger partial charge in [-0.25, -0.2) is 4.39 Å². The van der Waals surface area contributed by atoms with E-state index in [1.54, 1.807) is 6.07 Å². The van der Waals surface area contributed by atoms with Gasteiger partial charge in [0.15, 0.2) is 11.6 Å². The number of likely N-dealkylation sites (N-methyl/N-ethyl adjacent to an activating group) is 1. The molecule has 0 saturated carbocycles. The summed E-state index contributed by atoms with van der Waals surface area (Å²) in [6.07, 6.45) is 0.772. The second-order valence-corrected chi connectivity index (χ2v) is 5.21. The fourth-order valence-corrected chi connectivity index (χ4v) is 2.60. The lowest BCUT2D eigenvalue weighted by molar-refractivity contribution is 0.385. The molecule has 1 N–H and O–H groups in total. The van der Waals surface area contributed by atoms with Gasteiger partial charge in [-0.05, 0) is 50.6 Å². The lowest BCUT2D eigenvalue weighted by atomic mass is 9.97. The average molecular weight is 291 g/mol. The molecule has 1 aromatic heterocycles. The van der Waals surface area contributed by atoms with Crippen molar-refractivity contribution in [1.29, 1.82) is 0 Å². The highest BCUT2D eigenvalue weighted by molar-refractivity contribution is 5.33. The van der Waals surface area contributed by atoms with Gasteiger partial charge in [-0.15, -0.1) is 0 Å². The Morgan fingerprint density at radius 1 is 1.38 bits per heavy atom. The van der Waals surface area contributed by atoms with E-state index in [9.17, 15) is 4.39 Å². The zero-order chi connectivity index (χ0) is 15.6. The summed E-state index contributed by atoms with van der Waals surface area (Å²) in [6.45, 7) is 4.06. The van der Waals surface area contributed by atoms with E-state index in [1.807, 2.05) is 31.8 Å². The van der Waals surface area contributed by atoms with Crippen LogP contribution < -0.4 is 10.1 Å². The molecular weight excluding hydrogens is 269 g/mol. The number of nitrogens with zero attached hydrogens (tertiary/aromatic N) is 2.